The standard InChI is InChI=1S/C11H13F/c1-11(5-6-11)8-9-3-2-4-10(12)7-9/h2-4,7H,5-6,8H2,1H3. The van der Waals surface area contributed by atoms with Crippen molar-refractivity contribution in [3.63, 3.8) is 0 Å². The molecular weight excluding hydrogens is 151 g/mol. The maximum Gasteiger partial charge on any atom is 0.123 e. The molecule has 64 valence electrons. The van der Waals surface area contributed by atoms with Crippen LogP contribution in [0.25, 0.3) is 0 Å². The molecule has 0 aromatic heterocycles. The van der Waals surface area contributed by atoms with E-state index in [1.165, 1.54) is 18.9 Å². The first-order valence-corrected chi connectivity index (χ1v) is 4.42. The van der Waals surface area contributed by atoms with Crippen LogP contribution in [0.4, 0.5) is 4.39 Å². The maximum atomic E-state index is 12.8. The molecule has 1 aliphatic rings. The molecule has 1 fully saturated rings. The summed E-state index contributed by atoms with van der Waals surface area (Å²) in [4.78, 5) is 0. The second kappa shape index (κ2) is 2.58. The molecule has 1 saturated carbocycles. The van der Waals surface area contributed by atoms with Crippen LogP contribution >= 0.6 is 0 Å². The van der Waals surface area contributed by atoms with E-state index in [-0.39, 0.29) is 5.82 Å². The molecule has 1 aromatic rings. The Kier molecular flexibility index (Phi) is 1.67. The van der Waals surface area contributed by atoms with Crippen molar-refractivity contribution in [3.05, 3.63) is 35.6 Å². The normalized spacial score (nSPS) is 19.2. The van der Waals surface area contributed by atoms with E-state index in [4.69, 9.17) is 0 Å². The highest BCUT2D eigenvalue weighted by atomic mass is 19.1. The van der Waals surface area contributed by atoms with Crippen molar-refractivity contribution >= 4 is 0 Å². The Bertz CT molecular complexity index is 287. The predicted octanol–water partition coefficient (Wildman–Crippen LogP) is 3.17. The number of hydrogen-bond acceptors (Lipinski definition) is 0. The van der Waals surface area contributed by atoms with E-state index in [9.17, 15) is 4.39 Å². The molecule has 0 aliphatic heterocycles. The lowest BCUT2D eigenvalue weighted by Gasteiger charge is -2.07. The minimum absolute atomic E-state index is 0.114. The Morgan fingerprint density at radius 3 is 2.75 bits per heavy atom. The summed E-state index contributed by atoms with van der Waals surface area (Å²) in [6, 6.07) is 6.94. The van der Waals surface area contributed by atoms with Crippen LogP contribution in [0, 0.1) is 11.2 Å². The third-order valence-corrected chi connectivity index (χ3v) is 2.62. The molecule has 1 aliphatic carbocycles. The molecule has 0 unspecified atom stereocenters. The van der Waals surface area contributed by atoms with Crippen LogP contribution < -0.4 is 0 Å². The number of rotatable bonds is 2. The van der Waals surface area contributed by atoms with Gasteiger partial charge in [0.25, 0.3) is 0 Å². The van der Waals surface area contributed by atoms with Gasteiger partial charge in [-0.05, 0) is 42.4 Å². The first-order chi connectivity index (χ1) is 5.68. The zero-order valence-corrected chi connectivity index (χ0v) is 7.31. The van der Waals surface area contributed by atoms with E-state index in [0.29, 0.717) is 5.41 Å². The monoisotopic (exact) mass is 164 g/mol. The van der Waals surface area contributed by atoms with Crippen molar-refractivity contribution in [2.45, 2.75) is 26.2 Å². The highest BCUT2D eigenvalue weighted by Crippen LogP contribution is 2.47. The zero-order chi connectivity index (χ0) is 8.60. The fraction of sp³-hybridized carbons (Fsp3) is 0.455. The maximum absolute atomic E-state index is 12.8. The lowest BCUT2D eigenvalue weighted by atomic mass is 9.99. The van der Waals surface area contributed by atoms with Gasteiger partial charge in [-0.25, -0.2) is 4.39 Å². The van der Waals surface area contributed by atoms with Gasteiger partial charge in [-0.3, -0.25) is 0 Å². The van der Waals surface area contributed by atoms with Gasteiger partial charge in [0.1, 0.15) is 5.82 Å². The lowest BCUT2D eigenvalue weighted by Crippen LogP contribution is -1.98. The molecule has 0 radical (unpaired) electrons. The van der Waals surface area contributed by atoms with Crippen LogP contribution in [0.3, 0.4) is 0 Å². The summed E-state index contributed by atoms with van der Waals surface area (Å²) in [6.07, 6.45) is 3.62. The molecule has 0 N–H and O–H groups in total. The van der Waals surface area contributed by atoms with Crippen LogP contribution in [-0.4, -0.2) is 0 Å². The SMILES string of the molecule is CC1(Cc2cccc(F)c2)CC1. The summed E-state index contributed by atoms with van der Waals surface area (Å²) < 4.78 is 12.8. The highest BCUT2D eigenvalue weighted by Gasteiger charge is 2.36. The van der Waals surface area contributed by atoms with E-state index in [1.54, 1.807) is 12.1 Å². The van der Waals surface area contributed by atoms with Crippen molar-refractivity contribution in [2.24, 2.45) is 5.41 Å². The van der Waals surface area contributed by atoms with E-state index < -0.39 is 0 Å². The average molecular weight is 164 g/mol. The second-order valence-electron chi connectivity index (χ2n) is 4.12. The second-order valence-corrected chi connectivity index (χ2v) is 4.12. The number of halogens is 1. The Labute approximate surface area is 72.4 Å². The van der Waals surface area contributed by atoms with Crippen molar-refractivity contribution in [1.29, 1.82) is 0 Å². The van der Waals surface area contributed by atoms with Crippen molar-refractivity contribution < 1.29 is 4.39 Å². The number of hydrogen-bond donors (Lipinski definition) is 0. The molecule has 12 heavy (non-hydrogen) atoms. The molecule has 0 heterocycles. The van der Waals surface area contributed by atoms with Crippen molar-refractivity contribution in [3.8, 4) is 0 Å². The average Bonchev–Trinajstić information content (AvgIpc) is 2.67. The Hall–Kier alpha value is -0.850. The van der Waals surface area contributed by atoms with Crippen LogP contribution in [0.5, 0.6) is 0 Å². The molecule has 0 saturated heterocycles. The third kappa shape index (κ3) is 1.66. The van der Waals surface area contributed by atoms with Gasteiger partial charge in [0.2, 0.25) is 0 Å². The van der Waals surface area contributed by atoms with Crippen molar-refractivity contribution in [2.75, 3.05) is 0 Å². The summed E-state index contributed by atoms with van der Waals surface area (Å²) in [7, 11) is 0. The van der Waals surface area contributed by atoms with Gasteiger partial charge in [0, 0.05) is 0 Å². The summed E-state index contributed by atoms with van der Waals surface area (Å²) in [5.41, 5.74) is 1.61. The highest BCUT2D eigenvalue weighted by molar-refractivity contribution is 5.19. The Balaban J connectivity index is 2.12. The summed E-state index contributed by atoms with van der Waals surface area (Å²) in [5, 5.41) is 0. The van der Waals surface area contributed by atoms with Gasteiger partial charge < -0.3 is 0 Å². The van der Waals surface area contributed by atoms with Gasteiger partial charge in [0.05, 0.1) is 0 Å². The van der Waals surface area contributed by atoms with E-state index >= 15 is 0 Å². The topological polar surface area (TPSA) is 0 Å². The molecule has 0 atom stereocenters. The Morgan fingerprint density at radius 2 is 2.17 bits per heavy atom. The largest absolute Gasteiger partial charge is 0.207 e. The van der Waals surface area contributed by atoms with Crippen molar-refractivity contribution in [1.82, 2.24) is 0 Å². The van der Waals surface area contributed by atoms with Crippen LogP contribution in [0.2, 0.25) is 0 Å². The fourth-order valence-electron chi connectivity index (χ4n) is 1.53. The van der Waals surface area contributed by atoms with Gasteiger partial charge in [0.15, 0.2) is 0 Å². The molecule has 2 rings (SSSR count). The molecule has 1 heteroatoms. The fourth-order valence-corrected chi connectivity index (χ4v) is 1.53. The Morgan fingerprint density at radius 1 is 1.42 bits per heavy atom. The minimum Gasteiger partial charge on any atom is -0.207 e. The molecular formula is C11H13F. The predicted molar refractivity (Wildman–Crippen MR) is 47.4 cm³/mol. The van der Waals surface area contributed by atoms with Gasteiger partial charge >= 0.3 is 0 Å². The van der Waals surface area contributed by atoms with Crippen LogP contribution in [0.15, 0.2) is 24.3 Å². The first-order valence-electron chi connectivity index (χ1n) is 4.42. The minimum atomic E-state index is -0.114. The van der Waals surface area contributed by atoms with Gasteiger partial charge in [-0.15, -0.1) is 0 Å². The molecule has 0 bridgehead atoms. The molecule has 0 nitrogen and oxygen atoms in total. The molecule has 0 spiro atoms. The van der Waals surface area contributed by atoms with Gasteiger partial charge in [-0.2, -0.15) is 0 Å². The van der Waals surface area contributed by atoms with Crippen LogP contribution in [0.1, 0.15) is 25.3 Å². The van der Waals surface area contributed by atoms with E-state index in [0.717, 1.165) is 12.0 Å². The molecule has 1 aromatic carbocycles. The summed E-state index contributed by atoms with van der Waals surface area (Å²) >= 11 is 0. The molecule has 0 amide bonds. The number of benzene rings is 1. The first kappa shape index (κ1) is 7.78. The lowest BCUT2D eigenvalue weighted by molar-refractivity contribution is 0.564. The smallest absolute Gasteiger partial charge is 0.123 e. The summed E-state index contributed by atoms with van der Waals surface area (Å²) in [6.45, 7) is 2.26. The quantitative estimate of drug-likeness (QED) is 0.629. The zero-order valence-electron chi connectivity index (χ0n) is 7.31. The van der Waals surface area contributed by atoms with E-state index in [2.05, 4.69) is 6.92 Å². The summed E-state index contributed by atoms with van der Waals surface area (Å²) in [5.74, 6) is -0.114. The van der Waals surface area contributed by atoms with E-state index in [1.807, 2.05) is 6.07 Å². The van der Waals surface area contributed by atoms with Gasteiger partial charge in [-0.1, -0.05) is 19.1 Å². The third-order valence-electron chi connectivity index (χ3n) is 2.62. The van der Waals surface area contributed by atoms with Crippen LogP contribution in [-0.2, 0) is 6.42 Å².